The molecule has 1 aliphatic carbocycles. The normalized spacial score (nSPS) is 19.7. The maximum absolute atomic E-state index is 10.6. The number of hydrogen-bond donors (Lipinski definition) is 2. The smallest absolute Gasteiger partial charge is 0.119 e. The van der Waals surface area contributed by atoms with Crippen LogP contribution >= 0.6 is 0 Å². The van der Waals surface area contributed by atoms with E-state index in [0.29, 0.717) is 13.2 Å². The average Bonchev–Trinajstić information content (AvgIpc) is 2.89. The summed E-state index contributed by atoms with van der Waals surface area (Å²) in [6.45, 7) is 3.18. The largest absolute Gasteiger partial charge is 0.494 e. The van der Waals surface area contributed by atoms with E-state index in [0.717, 1.165) is 24.2 Å². The van der Waals surface area contributed by atoms with Crippen LogP contribution in [0.3, 0.4) is 0 Å². The van der Waals surface area contributed by atoms with E-state index in [1.807, 2.05) is 31.2 Å². The second-order valence-electron chi connectivity index (χ2n) is 5.18. The number of aliphatic hydroxyl groups is 1. The molecule has 0 aliphatic heterocycles. The molecular formula is C15H23NO2. The van der Waals surface area contributed by atoms with Gasteiger partial charge in [-0.1, -0.05) is 25.0 Å². The first-order chi connectivity index (χ1) is 8.72. The predicted octanol–water partition coefficient (Wildman–Crippen LogP) is 2.64. The molecule has 0 spiro atoms. The molecule has 0 radical (unpaired) electrons. The molecule has 2 rings (SSSR count). The minimum Gasteiger partial charge on any atom is -0.494 e. The number of hydrogen-bond acceptors (Lipinski definition) is 3. The fourth-order valence-electron chi connectivity index (χ4n) is 2.93. The van der Waals surface area contributed by atoms with Crippen LogP contribution in [-0.2, 0) is 0 Å². The van der Waals surface area contributed by atoms with Crippen molar-refractivity contribution in [2.24, 2.45) is 11.1 Å². The highest BCUT2D eigenvalue weighted by Crippen LogP contribution is 2.46. The first kappa shape index (κ1) is 13.4. The summed E-state index contributed by atoms with van der Waals surface area (Å²) in [6.07, 6.45) is 3.94. The molecule has 100 valence electrons. The molecule has 1 fully saturated rings. The highest BCUT2D eigenvalue weighted by atomic mass is 16.5. The van der Waals surface area contributed by atoms with E-state index < -0.39 is 6.10 Å². The molecule has 1 aromatic rings. The standard InChI is InChI=1S/C15H23NO2/c1-2-18-13-7-5-12(6-8-13)14(17)15(11-16)9-3-4-10-15/h5-8,14,17H,2-4,9-11,16H2,1H3. The molecule has 18 heavy (non-hydrogen) atoms. The number of benzene rings is 1. The average molecular weight is 249 g/mol. The van der Waals surface area contributed by atoms with Crippen molar-refractivity contribution in [2.75, 3.05) is 13.2 Å². The van der Waals surface area contributed by atoms with Crippen molar-refractivity contribution < 1.29 is 9.84 Å². The van der Waals surface area contributed by atoms with Gasteiger partial charge in [-0.05, 0) is 37.5 Å². The minimum atomic E-state index is -0.458. The molecule has 1 aliphatic rings. The van der Waals surface area contributed by atoms with Crippen LogP contribution in [0.25, 0.3) is 0 Å². The lowest BCUT2D eigenvalue weighted by Gasteiger charge is -2.33. The van der Waals surface area contributed by atoms with E-state index in [9.17, 15) is 5.11 Å². The molecule has 3 heteroatoms. The molecule has 1 atom stereocenters. The monoisotopic (exact) mass is 249 g/mol. The van der Waals surface area contributed by atoms with Gasteiger partial charge in [-0.25, -0.2) is 0 Å². The molecule has 0 heterocycles. The fourth-order valence-corrected chi connectivity index (χ4v) is 2.93. The minimum absolute atomic E-state index is 0.118. The van der Waals surface area contributed by atoms with Crippen LogP contribution in [0.15, 0.2) is 24.3 Å². The number of ether oxygens (including phenoxy) is 1. The summed E-state index contributed by atoms with van der Waals surface area (Å²) in [7, 11) is 0. The second-order valence-corrected chi connectivity index (χ2v) is 5.18. The van der Waals surface area contributed by atoms with Crippen LogP contribution in [0, 0.1) is 5.41 Å². The predicted molar refractivity (Wildman–Crippen MR) is 72.5 cm³/mol. The van der Waals surface area contributed by atoms with Gasteiger partial charge in [0.25, 0.3) is 0 Å². The lowest BCUT2D eigenvalue weighted by Crippen LogP contribution is -2.34. The zero-order chi connectivity index (χ0) is 13.0. The lowest BCUT2D eigenvalue weighted by molar-refractivity contribution is 0.0333. The molecule has 3 nitrogen and oxygen atoms in total. The Kier molecular flexibility index (Phi) is 4.25. The second kappa shape index (κ2) is 5.72. The molecule has 0 aromatic heterocycles. The van der Waals surface area contributed by atoms with Gasteiger partial charge in [-0.3, -0.25) is 0 Å². The Morgan fingerprint density at radius 3 is 2.39 bits per heavy atom. The summed E-state index contributed by atoms with van der Waals surface area (Å²) in [5.41, 5.74) is 6.73. The lowest BCUT2D eigenvalue weighted by atomic mass is 9.77. The first-order valence-corrected chi connectivity index (χ1v) is 6.83. The number of nitrogens with two attached hydrogens (primary N) is 1. The van der Waals surface area contributed by atoms with Crippen LogP contribution in [0.1, 0.15) is 44.3 Å². The van der Waals surface area contributed by atoms with Gasteiger partial charge in [0.1, 0.15) is 5.75 Å². The van der Waals surface area contributed by atoms with Crippen molar-refractivity contribution in [3.63, 3.8) is 0 Å². The third kappa shape index (κ3) is 2.52. The Balaban J connectivity index is 2.14. The Morgan fingerprint density at radius 2 is 1.89 bits per heavy atom. The third-order valence-electron chi connectivity index (χ3n) is 4.09. The van der Waals surface area contributed by atoms with Crippen LogP contribution in [-0.4, -0.2) is 18.3 Å². The van der Waals surface area contributed by atoms with Gasteiger partial charge >= 0.3 is 0 Å². The maximum atomic E-state index is 10.6. The Morgan fingerprint density at radius 1 is 1.28 bits per heavy atom. The molecule has 1 unspecified atom stereocenters. The molecule has 0 saturated heterocycles. The Hall–Kier alpha value is -1.06. The van der Waals surface area contributed by atoms with E-state index in [2.05, 4.69) is 0 Å². The van der Waals surface area contributed by atoms with E-state index >= 15 is 0 Å². The Labute approximate surface area is 109 Å². The van der Waals surface area contributed by atoms with Crippen molar-refractivity contribution in [1.29, 1.82) is 0 Å². The fraction of sp³-hybridized carbons (Fsp3) is 0.600. The van der Waals surface area contributed by atoms with Crippen LogP contribution in [0.5, 0.6) is 5.75 Å². The summed E-state index contributed by atoms with van der Waals surface area (Å²) in [5.74, 6) is 0.849. The third-order valence-corrected chi connectivity index (χ3v) is 4.09. The molecule has 0 bridgehead atoms. The zero-order valence-electron chi connectivity index (χ0n) is 11.1. The van der Waals surface area contributed by atoms with Gasteiger partial charge in [0.2, 0.25) is 0 Å². The van der Waals surface area contributed by atoms with Gasteiger partial charge in [0.15, 0.2) is 0 Å². The van der Waals surface area contributed by atoms with Gasteiger partial charge in [-0.15, -0.1) is 0 Å². The molecular weight excluding hydrogens is 226 g/mol. The maximum Gasteiger partial charge on any atom is 0.119 e. The zero-order valence-corrected chi connectivity index (χ0v) is 11.1. The van der Waals surface area contributed by atoms with Gasteiger partial charge in [-0.2, -0.15) is 0 Å². The SMILES string of the molecule is CCOc1ccc(C(O)C2(CN)CCCC2)cc1. The summed E-state index contributed by atoms with van der Waals surface area (Å²) in [5, 5.41) is 10.6. The number of aliphatic hydroxyl groups excluding tert-OH is 1. The van der Waals surface area contributed by atoms with E-state index in [1.165, 1.54) is 12.8 Å². The van der Waals surface area contributed by atoms with Gasteiger partial charge < -0.3 is 15.6 Å². The van der Waals surface area contributed by atoms with Crippen molar-refractivity contribution >= 4 is 0 Å². The summed E-state index contributed by atoms with van der Waals surface area (Å²) >= 11 is 0. The van der Waals surface area contributed by atoms with Gasteiger partial charge in [0, 0.05) is 12.0 Å². The van der Waals surface area contributed by atoms with Gasteiger partial charge in [0.05, 0.1) is 12.7 Å². The number of rotatable bonds is 5. The molecule has 3 N–H and O–H groups in total. The van der Waals surface area contributed by atoms with Crippen LogP contribution < -0.4 is 10.5 Å². The first-order valence-electron chi connectivity index (χ1n) is 6.83. The molecule has 1 aromatic carbocycles. The highest BCUT2D eigenvalue weighted by molar-refractivity contribution is 5.29. The van der Waals surface area contributed by atoms with E-state index in [-0.39, 0.29) is 5.41 Å². The summed E-state index contributed by atoms with van der Waals surface area (Å²) < 4.78 is 5.41. The molecule has 1 saturated carbocycles. The quantitative estimate of drug-likeness (QED) is 0.843. The van der Waals surface area contributed by atoms with Crippen LogP contribution in [0.2, 0.25) is 0 Å². The molecule has 0 amide bonds. The van der Waals surface area contributed by atoms with Crippen molar-refractivity contribution in [2.45, 2.75) is 38.7 Å². The van der Waals surface area contributed by atoms with Crippen molar-refractivity contribution in [3.8, 4) is 5.75 Å². The van der Waals surface area contributed by atoms with Crippen molar-refractivity contribution in [3.05, 3.63) is 29.8 Å². The topological polar surface area (TPSA) is 55.5 Å². The Bertz CT molecular complexity index is 369. The van der Waals surface area contributed by atoms with E-state index in [4.69, 9.17) is 10.5 Å². The summed E-state index contributed by atoms with van der Waals surface area (Å²) in [6, 6.07) is 7.74. The summed E-state index contributed by atoms with van der Waals surface area (Å²) in [4.78, 5) is 0. The highest BCUT2D eigenvalue weighted by Gasteiger charge is 2.39. The van der Waals surface area contributed by atoms with Crippen molar-refractivity contribution in [1.82, 2.24) is 0 Å². The van der Waals surface area contributed by atoms with E-state index in [1.54, 1.807) is 0 Å². The van der Waals surface area contributed by atoms with Crippen LogP contribution in [0.4, 0.5) is 0 Å².